The fraction of sp³-hybridized carbons (Fsp3) is 0.200. The Labute approximate surface area is 98.3 Å². The van der Waals surface area contributed by atoms with Crippen molar-refractivity contribution < 1.29 is 26.7 Å². The molecule has 0 N–H and O–H groups in total. The third-order valence-corrected chi connectivity index (χ3v) is 2.61. The number of rotatable bonds is 3. The van der Waals surface area contributed by atoms with Crippen LogP contribution in [-0.4, -0.2) is 13.3 Å². The maximum absolute atomic E-state index is 13.0. The number of hydrogen-bond acceptors (Lipinski definition) is 2. The van der Waals surface area contributed by atoms with Crippen molar-refractivity contribution in [2.24, 2.45) is 0 Å². The lowest BCUT2D eigenvalue weighted by Crippen LogP contribution is -2.08. The summed E-state index contributed by atoms with van der Waals surface area (Å²) in [5.74, 6) is -2.57. The number of para-hydroxylation sites is 1. The van der Waals surface area contributed by atoms with Crippen molar-refractivity contribution in [3.63, 3.8) is 0 Å². The molecule has 0 saturated carbocycles. The van der Waals surface area contributed by atoms with Gasteiger partial charge in [-0.15, -0.1) is 0 Å². The number of thioether (sulfide) groups is 1. The molecule has 0 fully saturated rings. The highest BCUT2D eigenvalue weighted by molar-refractivity contribution is 8.03. The summed E-state index contributed by atoms with van der Waals surface area (Å²) in [4.78, 5) is 0.0619. The third kappa shape index (κ3) is 3.62. The number of allylic oxidation sites excluding steroid dienone is 1. The van der Waals surface area contributed by atoms with Crippen molar-refractivity contribution in [1.82, 2.24) is 0 Å². The highest BCUT2D eigenvalue weighted by Gasteiger charge is 2.38. The molecule has 0 amide bonds. The molecule has 0 aromatic heterocycles. The molecule has 17 heavy (non-hydrogen) atoms. The Hall–Kier alpha value is -1.24. The van der Waals surface area contributed by atoms with Crippen LogP contribution in [0, 0.1) is 0 Å². The second kappa shape index (κ2) is 5.39. The van der Waals surface area contributed by atoms with E-state index in [2.05, 4.69) is 0 Å². The van der Waals surface area contributed by atoms with Gasteiger partial charge in [0.15, 0.2) is 0 Å². The van der Waals surface area contributed by atoms with Crippen LogP contribution in [0.5, 0.6) is 5.75 Å². The van der Waals surface area contributed by atoms with E-state index < -0.39 is 17.2 Å². The van der Waals surface area contributed by atoms with Gasteiger partial charge in [0.2, 0.25) is 11.0 Å². The molecule has 0 atom stereocenters. The average Bonchev–Trinajstić information content (AvgIpc) is 2.27. The van der Waals surface area contributed by atoms with Gasteiger partial charge in [-0.25, -0.2) is 0 Å². The van der Waals surface area contributed by atoms with Gasteiger partial charge in [-0.1, -0.05) is 23.9 Å². The maximum atomic E-state index is 13.0. The van der Waals surface area contributed by atoms with Crippen LogP contribution < -0.4 is 4.74 Å². The molecule has 0 aliphatic rings. The van der Waals surface area contributed by atoms with Gasteiger partial charge in [0.1, 0.15) is 5.75 Å². The Morgan fingerprint density at radius 1 is 1.18 bits per heavy atom. The molecule has 0 unspecified atom stereocenters. The molecular weight excluding hydrogens is 263 g/mol. The van der Waals surface area contributed by atoms with E-state index in [1.165, 1.54) is 25.3 Å². The monoisotopic (exact) mass is 270 g/mol. The fourth-order valence-corrected chi connectivity index (χ4v) is 1.75. The minimum Gasteiger partial charge on any atom is -0.496 e. The normalized spacial score (nSPS) is 13.3. The lowest BCUT2D eigenvalue weighted by molar-refractivity contribution is -0.110. The van der Waals surface area contributed by atoms with Gasteiger partial charge in [0.05, 0.1) is 12.0 Å². The van der Waals surface area contributed by atoms with Gasteiger partial charge >= 0.3 is 6.18 Å². The zero-order valence-corrected chi connectivity index (χ0v) is 9.33. The van der Waals surface area contributed by atoms with Crippen molar-refractivity contribution in [1.29, 1.82) is 0 Å². The molecule has 0 radical (unpaired) electrons. The molecule has 0 bridgehead atoms. The molecule has 0 spiro atoms. The summed E-state index contributed by atoms with van der Waals surface area (Å²) in [6, 6.07) is 5.79. The minimum absolute atomic E-state index is 0.0227. The zero-order valence-electron chi connectivity index (χ0n) is 8.52. The summed E-state index contributed by atoms with van der Waals surface area (Å²) in [5, 5.41) is -1.94. The Morgan fingerprint density at radius 2 is 1.76 bits per heavy atom. The van der Waals surface area contributed by atoms with Crippen LogP contribution in [0.15, 0.2) is 40.1 Å². The molecule has 1 nitrogen and oxygen atoms in total. The van der Waals surface area contributed by atoms with Crippen molar-refractivity contribution in [2.45, 2.75) is 11.1 Å². The van der Waals surface area contributed by atoms with E-state index in [0.29, 0.717) is 0 Å². The van der Waals surface area contributed by atoms with E-state index in [4.69, 9.17) is 4.74 Å². The van der Waals surface area contributed by atoms with Gasteiger partial charge in [-0.2, -0.15) is 22.0 Å². The van der Waals surface area contributed by atoms with Crippen LogP contribution in [-0.2, 0) is 0 Å². The number of ether oxygens (including phenoxy) is 1. The van der Waals surface area contributed by atoms with Crippen molar-refractivity contribution >= 4 is 11.8 Å². The number of halogens is 5. The number of benzene rings is 1. The van der Waals surface area contributed by atoms with E-state index >= 15 is 0 Å². The van der Waals surface area contributed by atoms with Crippen LogP contribution in [0.25, 0.3) is 0 Å². The predicted octanol–water partition coefficient (Wildman–Crippen LogP) is 4.46. The maximum Gasteiger partial charge on any atom is 0.446 e. The van der Waals surface area contributed by atoms with Crippen LogP contribution in [0.2, 0.25) is 0 Å². The Kier molecular flexibility index (Phi) is 4.39. The van der Waals surface area contributed by atoms with Gasteiger partial charge in [-0.05, 0) is 12.1 Å². The van der Waals surface area contributed by atoms with E-state index in [-0.39, 0.29) is 22.4 Å². The molecule has 94 valence electrons. The first-order valence-electron chi connectivity index (χ1n) is 4.29. The standard InChI is InChI=1S/C10H7F5OS/c1-16-6-4-2-3-5-7(6)17-9(12)8(11)10(13,14)15/h2-5H,1H3. The summed E-state index contributed by atoms with van der Waals surface area (Å²) in [6.45, 7) is 0. The summed E-state index contributed by atoms with van der Waals surface area (Å²) in [7, 11) is 1.28. The highest BCUT2D eigenvalue weighted by Crippen LogP contribution is 2.40. The Bertz CT molecular complexity index is 427. The SMILES string of the molecule is COc1ccccc1SC(F)=C(F)C(F)(F)F. The Balaban J connectivity index is 2.99. The summed E-state index contributed by atoms with van der Waals surface area (Å²) < 4.78 is 65.9. The smallest absolute Gasteiger partial charge is 0.446 e. The predicted molar refractivity (Wildman–Crippen MR) is 54.1 cm³/mol. The number of methoxy groups -OCH3 is 1. The second-order valence-electron chi connectivity index (χ2n) is 2.84. The number of alkyl halides is 3. The fourth-order valence-electron chi connectivity index (χ4n) is 0.956. The Morgan fingerprint density at radius 3 is 2.29 bits per heavy atom. The third-order valence-electron chi connectivity index (χ3n) is 1.69. The lowest BCUT2D eigenvalue weighted by atomic mass is 10.3. The molecule has 7 heteroatoms. The lowest BCUT2D eigenvalue weighted by Gasteiger charge is -2.08. The first kappa shape index (κ1) is 13.8. The van der Waals surface area contributed by atoms with Crippen LogP contribution in [0.3, 0.4) is 0 Å². The highest BCUT2D eigenvalue weighted by atomic mass is 32.2. The summed E-state index contributed by atoms with van der Waals surface area (Å²) in [5.41, 5.74) is 0. The van der Waals surface area contributed by atoms with Gasteiger partial charge in [-0.3, -0.25) is 0 Å². The quantitative estimate of drug-likeness (QED) is 0.592. The van der Waals surface area contributed by atoms with Gasteiger partial charge < -0.3 is 4.74 Å². The second-order valence-corrected chi connectivity index (χ2v) is 3.84. The molecule has 0 heterocycles. The molecule has 1 rings (SSSR count). The van der Waals surface area contributed by atoms with E-state index in [9.17, 15) is 22.0 Å². The summed E-state index contributed by atoms with van der Waals surface area (Å²) in [6.07, 6.45) is -5.32. The van der Waals surface area contributed by atoms with Crippen LogP contribution in [0.1, 0.15) is 0 Å². The molecular formula is C10H7F5OS. The average molecular weight is 270 g/mol. The molecule has 1 aromatic rings. The van der Waals surface area contributed by atoms with Crippen LogP contribution >= 0.6 is 11.8 Å². The van der Waals surface area contributed by atoms with Gasteiger partial charge in [0, 0.05) is 0 Å². The van der Waals surface area contributed by atoms with Crippen molar-refractivity contribution in [3.8, 4) is 5.75 Å². The first-order chi connectivity index (χ1) is 7.86. The molecule has 0 saturated heterocycles. The summed E-state index contributed by atoms with van der Waals surface area (Å²) >= 11 is 0.0227. The number of hydrogen-bond donors (Lipinski definition) is 0. The minimum atomic E-state index is -5.32. The van der Waals surface area contributed by atoms with E-state index in [1.807, 2.05) is 0 Å². The van der Waals surface area contributed by atoms with Gasteiger partial charge in [0.25, 0.3) is 0 Å². The first-order valence-corrected chi connectivity index (χ1v) is 5.11. The molecule has 0 aliphatic heterocycles. The largest absolute Gasteiger partial charge is 0.496 e. The van der Waals surface area contributed by atoms with Crippen LogP contribution in [0.4, 0.5) is 22.0 Å². The zero-order chi connectivity index (χ0) is 13.1. The van der Waals surface area contributed by atoms with Crippen molar-refractivity contribution in [3.05, 3.63) is 35.3 Å². The molecule has 0 aliphatic carbocycles. The molecule has 1 aromatic carbocycles. The van der Waals surface area contributed by atoms with Crippen molar-refractivity contribution in [2.75, 3.05) is 7.11 Å². The topological polar surface area (TPSA) is 9.23 Å². The van der Waals surface area contributed by atoms with E-state index in [0.717, 1.165) is 0 Å². The van der Waals surface area contributed by atoms with E-state index in [1.54, 1.807) is 6.07 Å².